The Balaban J connectivity index is 1.67. The normalized spacial score (nSPS) is 10.9. The molecule has 4 rings (SSSR count). The summed E-state index contributed by atoms with van der Waals surface area (Å²) >= 11 is 3.39. The number of amides is 1. The van der Waals surface area contributed by atoms with Crippen LogP contribution in [0.4, 0.5) is 5.69 Å². The van der Waals surface area contributed by atoms with Crippen LogP contribution in [0.5, 0.6) is 0 Å². The molecule has 1 N–H and O–H groups in total. The molecule has 4 aromatic rings. The van der Waals surface area contributed by atoms with Gasteiger partial charge in [-0.1, -0.05) is 39.7 Å². The lowest BCUT2D eigenvalue weighted by molar-refractivity contribution is 0.102. The molecular formula is C21H17BrN4O. The first kappa shape index (κ1) is 17.4. The Morgan fingerprint density at radius 3 is 2.37 bits per heavy atom. The molecule has 0 aliphatic heterocycles. The topological polar surface area (TPSA) is 59.8 Å². The predicted molar refractivity (Wildman–Crippen MR) is 110 cm³/mol. The molecule has 27 heavy (non-hydrogen) atoms. The first-order valence-electron chi connectivity index (χ1n) is 8.51. The molecule has 0 radical (unpaired) electrons. The largest absolute Gasteiger partial charge is 0.322 e. The van der Waals surface area contributed by atoms with E-state index >= 15 is 0 Å². The maximum absolute atomic E-state index is 12.5. The second-order valence-electron chi connectivity index (χ2n) is 6.45. The molecule has 0 spiro atoms. The smallest absolute Gasteiger partial charge is 0.255 e. The van der Waals surface area contributed by atoms with E-state index < -0.39 is 0 Å². The molecule has 0 aliphatic carbocycles. The van der Waals surface area contributed by atoms with Crippen LogP contribution < -0.4 is 5.32 Å². The maximum atomic E-state index is 12.5. The SMILES string of the molecule is Cc1ccc(-n2nc3cc(C)c(NC(=O)c4cccc(Br)c4)cc3n2)cc1. The number of aryl methyl sites for hydroxylation is 2. The molecule has 1 heterocycles. The van der Waals surface area contributed by atoms with Crippen molar-refractivity contribution in [1.82, 2.24) is 15.0 Å². The molecule has 0 saturated carbocycles. The van der Waals surface area contributed by atoms with Gasteiger partial charge >= 0.3 is 0 Å². The number of carbonyl (C=O) groups is 1. The van der Waals surface area contributed by atoms with Gasteiger partial charge in [-0.05, 0) is 61.9 Å². The zero-order valence-corrected chi connectivity index (χ0v) is 16.5. The predicted octanol–water partition coefficient (Wildman–Crippen LogP) is 5.05. The van der Waals surface area contributed by atoms with Gasteiger partial charge < -0.3 is 5.32 Å². The van der Waals surface area contributed by atoms with E-state index in [0.717, 1.165) is 32.4 Å². The van der Waals surface area contributed by atoms with Gasteiger partial charge in [-0.15, -0.1) is 10.2 Å². The van der Waals surface area contributed by atoms with Crippen LogP contribution in [-0.4, -0.2) is 20.9 Å². The highest BCUT2D eigenvalue weighted by Crippen LogP contribution is 2.23. The van der Waals surface area contributed by atoms with Gasteiger partial charge in [0.1, 0.15) is 11.0 Å². The fraction of sp³-hybridized carbons (Fsp3) is 0.0952. The number of anilines is 1. The molecule has 5 nitrogen and oxygen atoms in total. The second kappa shape index (κ2) is 6.96. The summed E-state index contributed by atoms with van der Waals surface area (Å²) in [6.45, 7) is 3.99. The fourth-order valence-corrected chi connectivity index (χ4v) is 3.22. The van der Waals surface area contributed by atoms with Crippen molar-refractivity contribution in [3.05, 3.63) is 81.8 Å². The van der Waals surface area contributed by atoms with Gasteiger partial charge in [-0.3, -0.25) is 4.79 Å². The van der Waals surface area contributed by atoms with Crippen molar-refractivity contribution >= 4 is 38.6 Å². The number of halogens is 1. The van der Waals surface area contributed by atoms with E-state index in [2.05, 4.69) is 31.4 Å². The average Bonchev–Trinajstić information content (AvgIpc) is 3.05. The number of fused-ring (bicyclic) bond motifs is 1. The number of hydrogen-bond donors (Lipinski definition) is 1. The maximum Gasteiger partial charge on any atom is 0.255 e. The zero-order valence-electron chi connectivity index (χ0n) is 14.9. The van der Waals surface area contributed by atoms with Gasteiger partial charge in [0.2, 0.25) is 0 Å². The molecule has 0 saturated heterocycles. The van der Waals surface area contributed by atoms with Crippen molar-refractivity contribution in [2.24, 2.45) is 0 Å². The third kappa shape index (κ3) is 3.61. The Bertz CT molecular complexity index is 1150. The van der Waals surface area contributed by atoms with Crippen molar-refractivity contribution in [2.75, 3.05) is 5.32 Å². The summed E-state index contributed by atoms with van der Waals surface area (Å²) in [5.74, 6) is -0.162. The number of nitrogens with one attached hydrogen (secondary N) is 1. The Labute approximate surface area is 165 Å². The number of nitrogens with zero attached hydrogens (tertiary/aromatic N) is 3. The minimum Gasteiger partial charge on any atom is -0.322 e. The van der Waals surface area contributed by atoms with E-state index in [1.807, 2.05) is 62.4 Å². The van der Waals surface area contributed by atoms with Crippen molar-refractivity contribution in [3.63, 3.8) is 0 Å². The third-order valence-corrected chi connectivity index (χ3v) is 4.82. The molecular weight excluding hydrogens is 404 g/mol. The summed E-state index contributed by atoms with van der Waals surface area (Å²) < 4.78 is 0.864. The van der Waals surface area contributed by atoms with E-state index in [0.29, 0.717) is 5.56 Å². The van der Waals surface area contributed by atoms with E-state index in [-0.39, 0.29) is 5.91 Å². The summed E-state index contributed by atoms with van der Waals surface area (Å²) in [4.78, 5) is 14.2. The van der Waals surface area contributed by atoms with Crippen LogP contribution in [0, 0.1) is 13.8 Å². The van der Waals surface area contributed by atoms with Crippen LogP contribution in [0.2, 0.25) is 0 Å². The molecule has 1 amide bonds. The van der Waals surface area contributed by atoms with Crippen LogP contribution in [-0.2, 0) is 0 Å². The fourth-order valence-electron chi connectivity index (χ4n) is 2.82. The quantitative estimate of drug-likeness (QED) is 0.504. The average molecular weight is 421 g/mol. The first-order valence-corrected chi connectivity index (χ1v) is 9.30. The Morgan fingerprint density at radius 1 is 0.963 bits per heavy atom. The van der Waals surface area contributed by atoms with E-state index in [1.165, 1.54) is 5.56 Å². The number of hydrogen-bond acceptors (Lipinski definition) is 3. The number of benzene rings is 3. The molecule has 0 atom stereocenters. The summed E-state index contributed by atoms with van der Waals surface area (Å²) in [7, 11) is 0. The van der Waals surface area contributed by atoms with Gasteiger partial charge in [0.25, 0.3) is 5.91 Å². The van der Waals surface area contributed by atoms with Gasteiger partial charge in [0.05, 0.1) is 5.69 Å². The molecule has 3 aromatic carbocycles. The van der Waals surface area contributed by atoms with Crippen molar-refractivity contribution < 1.29 is 4.79 Å². The van der Waals surface area contributed by atoms with Crippen LogP contribution in [0.3, 0.4) is 0 Å². The number of carbonyl (C=O) groups excluding carboxylic acids is 1. The third-order valence-electron chi connectivity index (χ3n) is 4.33. The number of rotatable bonds is 3. The summed E-state index contributed by atoms with van der Waals surface area (Å²) in [5, 5.41) is 12.1. The standard InChI is InChI=1S/C21H17BrN4O/c1-13-6-8-17(9-7-13)26-24-19-10-14(2)18(12-20(19)25-26)23-21(27)15-4-3-5-16(22)11-15/h3-12H,1-2H3,(H,23,27). The molecule has 6 heteroatoms. The van der Waals surface area contributed by atoms with Gasteiger partial charge in [-0.25, -0.2) is 0 Å². The zero-order chi connectivity index (χ0) is 19.0. The summed E-state index contributed by atoms with van der Waals surface area (Å²) in [6.07, 6.45) is 0. The summed E-state index contributed by atoms with van der Waals surface area (Å²) in [6, 6.07) is 19.1. The molecule has 0 unspecified atom stereocenters. The molecule has 0 fully saturated rings. The lowest BCUT2D eigenvalue weighted by atomic mass is 10.1. The molecule has 1 aromatic heterocycles. The van der Waals surface area contributed by atoms with Crippen LogP contribution in [0.25, 0.3) is 16.7 Å². The number of aromatic nitrogens is 3. The monoisotopic (exact) mass is 420 g/mol. The van der Waals surface area contributed by atoms with Gasteiger partial charge in [0, 0.05) is 15.7 Å². The molecule has 0 bridgehead atoms. The lowest BCUT2D eigenvalue weighted by Gasteiger charge is -2.08. The van der Waals surface area contributed by atoms with Crippen LogP contribution >= 0.6 is 15.9 Å². The van der Waals surface area contributed by atoms with Gasteiger partial charge in [-0.2, -0.15) is 4.80 Å². The van der Waals surface area contributed by atoms with Gasteiger partial charge in [0.15, 0.2) is 0 Å². The highest BCUT2D eigenvalue weighted by atomic mass is 79.9. The second-order valence-corrected chi connectivity index (χ2v) is 7.36. The molecule has 134 valence electrons. The van der Waals surface area contributed by atoms with E-state index in [1.54, 1.807) is 16.9 Å². The van der Waals surface area contributed by atoms with Crippen LogP contribution in [0.15, 0.2) is 65.1 Å². The molecule has 0 aliphatic rings. The Kier molecular flexibility index (Phi) is 4.49. The van der Waals surface area contributed by atoms with E-state index in [4.69, 9.17) is 0 Å². The minimum absolute atomic E-state index is 0.162. The Morgan fingerprint density at radius 2 is 1.67 bits per heavy atom. The first-order chi connectivity index (χ1) is 13.0. The minimum atomic E-state index is -0.162. The van der Waals surface area contributed by atoms with Crippen molar-refractivity contribution in [1.29, 1.82) is 0 Å². The Hall–Kier alpha value is -2.99. The van der Waals surface area contributed by atoms with E-state index in [9.17, 15) is 4.79 Å². The lowest BCUT2D eigenvalue weighted by Crippen LogP contribution is -2.12. The van der Waals surface area contributed by atoms with Crippen molar-refractivity contribution in [3.8, 4) is 5.69 Å². The van der Waals surface area contributed by atoms with Crippen molar-refractivity contribution in [2.45, 2.75) is 13.8 Å². The highest BCUT2D eigenvalue weighted by Gasteiger charge is 2.12. The van der Waals surface area contributed by atoms with Crippen LogP contribution in [0.1, 0.15) is 21.5 Å². The summed E-state index contributed by atoms with van der Waals surface area (Å²) in [5.41, 5.74) is 5.84. The highest BCUT2D eigenvalue weighted by molar-refractivity contribution is 9.10.